The first-order valence-corrected chi connectivity index (χ1v) is 11.9. The number of aromatic amines is 1. The molecular weight excluding hydrogens is 433 g/mol. The Morgan fingerprint density at radius 1 is 1.19 bits per heavy atom. The number of H-pyrrole nitrogens is 1. The van der Waals surface area contributed by atoms with Crippen molar-refractivity contribution in [3.63, 3.8) is 0 Å². The first-order chi connectivity index (χ1) is 15.2. The molecule has 7 nitrogen and oxygen atoms in total. The van der Waals surface area contributed by atoms with Crippen molar-refractivity contribution in [2.45, 2.75) is 31.2 Å². The molecule has 0 radical (unpaired) electrons. The maximum Gasteiger partial charge on any atom is 0.252 e. The van der Waals surface area contributed by atoms with Crippen molar-refractivity contribution >= 4 is 26.8 Å². The van der Waals surface area contributed by atoms with Gasteiger partial charge in [0.1, 0.15) is 5.82 Å². The SMILES string of the molecule is CC1CCCN(S(=O)(=O)c2ccc3[nH]c(=O)cc(C(=O)NCc4ccc(F)cc4)c3c2)C1. The maximum absolute atomic E-state index is 13.2. The van der Waals surface area contributed by atoms with Gasteiger partial charge in [0.2, 0.25) is 15.6 Å². The molecule has 0 aliphatic carbocycles. The molecule has 9 heteroatoms. The summed E-state index contributed by atoms with van der Waals surface area (Å²) < 4.78 is 40.9. The van der Waals surface area contributed by atoms with E-state index in [1.165, 1.54) is 34.6 Å². The van der Waals surface area contributed by atoms with Crippen LogP contribution in [0.5, 0.6) is 0 Å². The zero-order valence-corrected chi connectivity index (χ0v) is 18.4. The molecule has 2 N–H and O–H groups in total. The zero-order valence-electron chi connectivity index (χ0n) is 17.6. The van der Waals surface area contributed by atoms with E-state index >= 15 is 0 Å². The molecule has 1 aliphatic heterocycles. The fourth-order valence-electron chi connectivity index (χ4n) is 3.97. The Labute approximate surface area is 185 Å². The number of nitrogens with one attached hydrogen (secondary N) is 2. The van der Waals surface area contributed by atoms with E-state index in [1.807, 2.05) is 6.92 Å². The number of sulfonamides is 1. The number of nitrogens with zero attached hydrogens (tertiary/aromatic N) is 1. The van der Waals surface area contributed by atoms with Crippen molar-refractivity contribution in [2.75, 3.05) is 13.1 Å². The molecule has 1 aliphatic rings. The smallest absolute Gasteiger partial charge is 0.252 e. The van der Waals surface area contributed by atoms with Gasteiger partial charge in [-0.1, -0.05) is 19.1 Å². The molecule has 0 saturated carbocycles. The molecule has 1 aromatic heterocycles. The Morgan fingerprint density at radius 3 is 2.66 bits per heavy atom. The average molecular weight is 458 g/mol. The van der Waals surface area contributed by atoms with Crippen molar-refractivity contribution in [1.82, 2.24) is 14.6 Å². The van der Waals surface area contributed by atoms with Crippen LogP contribution >= 0.6 is 0 Å². The van der Waals surface area contributed by atoms with Crippen LogP contribution in [0.3, 0.4) is 0 Å². The van der Waals surface area contributed by atoms with Gasteiger partial charge in [0, 0.05) is 36.6 Å². The molecule has 32 heavy (non-hydrogen) atoms. The quantitative estimate of drug-likeness (QED) is 0.615. The number of benzene rings is 2. The topological polar surface area (TPSA) is 99.3 Å². The Bertz CT molecular complexity index is 1320. The first-order valence-electron chi connectivity index (χ1n) is 10.4. The number of fused-ring (bicyclic) bond motifs is 1. The number of hydrogen-bond donors (Lipinski definition) is 2. The third-order valence-corrected chi connectivity index (χ3v) is 7.54. The minimum absolute atomic E-state index is 0.0786. The van der Waals surface area contributed by atoms with Crippen LogP contribution < -0.4 is 10.9 Å². The van der Waals surface area contributed by atoms with Crippen LogP contribution in [0.4, 0.5) is 4.39 Å². The Hall–Kier alpha value is -3.04. The number of carbonyl (C=O) groups is 1. The van der Waals surface area contributed by atoms with Gasteiger partial charge >= 0.3 is 0 Å². The van der Waals surface area contributed by atoms with Crippen molar-refractivity contribution in [2.24, 2.45) is 5.92 Å². The summed E-state index contributed by atoms with van der Waals surface area (Å²) in [5, 5.41) is 3.05. The number of hydrogen-bond acceptors (Lipinski definition) is 4. The second-order valence-corrected chi connectivity index (χ2v) is 10.1. The van der Waals surface area contributed by atoms with Gasteiger partial charge in [-0.25, -0.2) is 12.8 Å². The van der Waals surface area contributed by atoms with E-state index in [9.17, 15) is 22.4 Å². The van der Waals surface area contributed by atoms with Crippen molar-refractivity contribution in [3.05, 3.63) is 75.8 Å². The van der Waals surface area contributed by atoms with E-state index in [0.717, 1.165) is 18.9 Å². The van der Waals surface area contributed by atoms with Gasteiger partial charge in [-0.05, 0) is 54.7 Å². The highest BCUT2D eigenvalue weighted by molar-refractivity contribution is 7.89. The average Bonchev–Trinajstić information content (AvgIpc) is 2.77. The fourth-order valence-corrected chi connectivity index (χ4v) is 5.60. The lowest BCUT2D eigenvalue weighted by molar-refractivity contribution is 0.0952. The van der Waals surface area contributed by atoms with E-state index in [4.69, 9.17) is 0 Å². The summed E-state index contributed by atoms with van der Waals surface area (Å²) in [4.78, 5) is 27.7. The molecule has 1 saturated heterocycles. The van der Waals surface area contributed by atoms with Gasteiger partial charge in [0.15, 0.2) is 0 Å². The van der Waals surface area contributed by atoms with Crippen molar-refractivity contribution in [1.29, 1.82) is 0 Å². The monoisotopic (exact) mass is 457 g/mol. The summed E-state index contributed by atoms with van der Waals surface area (Å²) in [6.45, 7) is 3.08. The molecule has 0 spiro atoms. The van der Waals surface area contributed by atoms with Gasteiger partial charge < -0.3 is 10.3 Å². The van der Waals surface area contributed by atoms with Crippen LogP contribution in [0.25, 0.3) is 10.9 Å². The molecule has 3 aromatic rings. The lowest BCUT2D eigenvalue weighted by Crippen LogP contribution is -2.39. The lowest BCUT2D eigenvalue weighted by Gasteiger charge is -2.30. The number of piperidine rings is 1. The van der Waals surface area contributed by atoms with Crippen molar-refractivity contribution < 1.29 is 17.6 Å². The highest BCUT2D eigenvalue weighted by Gasteiger charge is 2.29. The summed E-state index contributed by atoms with van der Waals surface area (Å²) in [5.41, 5.74) is 0.673. The fraction of sp³-hybridized carbons (Fsp3) is 0.304. The second kappa shape index (κ2) is 8.84. The predicted octanol–water partition coefficient (Wildman–Crippen LogP) is 3.02. The minimum atomic E-state index is -3.72. The van der Waals surface area contributed by atoms with Crippen LogP contribution in [0, 0.1) is 11.7 Å². The number of halogens is 1. The van der Waals surface area contributed by atoms with E-state index < -0.39 is 21.5 Å². The summed E-state index contributed by atoms with van der Waals surface area (Å²) in [6, 6.07) is 11.2. The largest absolute Gasteiger partial charge is 0.348 e. The third kappa shape index (κ3) is 4.58. The highest BCUT2D eigenvalue weighted by Crippen LogP contribution is 2.26. The molecule has 4 rings (SSSR count). The molecule has 2 heterocycles. The van der Waals surface area contributed by atoms with Gasteiger partial charge in [-0.3, -0.25) is 9.59 Å². The van der Waals surface area contributed by atoms with Gasteiger partial charge in [0.25, 0.3) is 5.91 Å². The summed E-state index contributed by atoms with van der Waals surface area (Å²) >= 11 is 0. The third-order valence-electron chi connectivity index (χ3n) is 5.68. The highest BCUT2D eigenvalue weighted by atomic mass is 32.2. The number of carbonyl (C=O) groups excluding carboxylic acids is 1. The zero-order chi connectivity index (χ0) is 22.9. The normalized spacial score (nSPS) is 17.4. The number of amides is 1. The van der Waals surface area contributed by atoms with Crippen LogP contribution in [-0.4, -0.2) is 36.7 Å². The van der Waals surface area contributed by atoms with Crippen LogP contribution in [0.1, 0.15) is 35.7 Å². The molecule has 1 fully saturated rings. The summed E-state index contributed by atoms with van der Waals surface area (Å²) in [5.74, 6) is -0.618. The van der Waals surface area contributed by atoms with E-state index in [1.54, 1.807) is 12.1 Å². The molecule has 1 atom stereocenters. The first kappa shape index (κ1) is 22.2. The van der Waals surface area contributed by atoms with Crippen molar-refractivity contribution in [3.8, 4) is 0 Å². The maximum atomic E-state index is 13.2. The van der Waals surface area contributed by atoms with Crippen LogP contribution in [-0.2, 0) is 16.6 Å². The number of pyridine rings is 1. The standard InChI is InChI=1S/C23H24FN3O4S/c1-15-3-2-10-27(14-15)32(30,31)18-8-9-21-19(11-18)20(12-22(28)26-21)23(29)25-13-16-4-6-17(24)7-5-16/h4-9,11-12,15H,2-3,10,13-14H2,1H3,(H,25,29)(H,26,28). The molecule has 2 aromatic carbocycles. The molecular formula is C23H24FN3O4S. The Morgan fingerprint density at radius 2 is 1.94 bits per heavy atom. The Kier molecular flexibility index (Phi) is 6.12. The number of rotatable bonds is 5. The second-order valence-electron chi connectivity index (χ2n) is 8.17. The molecule has 1 amide bonds. The van der Waals surface area contributed by atoms with Gasteiger partial charge in [-0.2, -0.15) is 4.31 Å². The van der Waals surface area contributed by atoms with Gasteiger partial charge in [0.05, 0.1) is 10.5 Å². The molecule has 168 valence electrons. The van der Waals surface area contributed by atoms with E-state index in [0.29, 0.717) is 29.6 Å². The van der Waals surface area contributed by atoms with E-state index in [2.05, 4.69) is 10.3 Å². The van der Waals surface area contributed by atoms with E-state index in [-0.39, 0.29) is 28.7 Å². The molecule has 1 unspecified atom stereocenters. The van der Waals surface area contributed by atoms with Crippen LogP contribution in [0.15, 0.2) is 58.2 Å². The lowest BCUT2D eigenvalue weighted by atomic mass is 10.0. The predicted molar refractivity (Wildman–Crippen MR) is 119 cm³/mol. The summed E-state index contributed by atoms with van der Waals surface area (Å²) in [6.07, 6.45) is 1.79. The van der Waals surface area contributed by atoms with Gasteiger partial charge in [-0.15, -0.1) is 0 Å². The summed E-state index contributed by atoms with van der Waals surface area (Å²) in [7, 11) is -3.72. The minimum Gasteiger partial charge on any atom is -0.348 e. The molecule has 0 bridgehead atoms. The Balaban J connectivity index is 1.67. The van der Waals surface area contributed by atoms with Crippen LogP contribution in [0.2, 0.25) is 0 Å². The number of aromatic nitrogens is 1.